The van der Waals surface area contributed by atoms with E-state index in [4.69, 9.17) is 4.74 Å². The van der Waals surface area contributed by atoms with Gasteiger partial charge in [-0.05, 0) is 42.5 Å². The van der Waals surface area contributed by atoms with Crippen LogP contribution in [0.25, 0.3) is 22.2 Å². The molecule has 24 heavy (non-hydrogen) atoms. The predicted octanol–water partition coefficient (Wildman–Crippen LogP) is 4.21. The van der Waals surface area contributed by atoms with Crippen molar-refractivity contribution in [3.05, 3.63) is 78.6 Å². The molecule has 0 saturated heterocycles. The highest BCUT2D eigenvalue weighted by Gasteiger charge is 2.03. The molecule has 4 aromatic rings. The van der Waals surface area contributed by atoms with Crippen molar-refractivity contribution in [2.24, 2.45) is 7.05 Å². The fourth-order valence-electron chi connectivity index (χ4n) is 2.64. The Morgan fingerprint density at radius 2 is 1.75 bits per heavy atom. The molecule has 0 aliphatic rings. The minimum atomic E-state index is 0.452. The number of para-hydroxylation sites is 1. The summed E-state index contributed by atoms with van der Waals surface area (Å²) >= 11 is 0. The van der Waals surface area contributed by atoms with Crippen LogP contribution in [0.2, 0.25) is 0 Å². The summed E-state index contributed by atoms with van der Waals surface area (Å²) in [4.78, 5) is 4.62. The lowest BCUT2D eigenvalue weighted by molar-refractivity contribution is 0.302. The van der Waals surface area contributed by atoms with Crippen molar-refractivity contribution >= 4 is 10.9 Å². The molecule has 0 saturated carbocycles. The highest BCUT2D eigenvalue weighted by atomic mass is 16.5. The fraction of sp³-hybridized carbons (Fsp3) is 0.100. The van der Waals surface area contributed by atoms with Crippen molar-refractivity contribution in [3.8, 4) is 17.0 Å². The number of aryl methyl sites for hydroxylation is 1. The van der Waals surface area contributed by atoms with Gasteiger partial charge in [0.2, 0.25) is 0 Å². The monoisotopic (exact) mass is 315 g/mol. The third-order valence-corrected chi connectivity index (χ3v) is 3.91. The minimum Gasteiger partial charge on any atom is -0.487 e. The van der Waals surface area contributed by atoms with Crippen LogP contribution in [0.1, 0.15) is 5.69 Å². The van der Waals surface area contributed by atoms with E-state index >= 15 is 0 Å². The van der Waals surface area contributed by atoms with Gasteiger partial charge in [0, 0.05) is 24.2 Å². The number of ether oxygens (including phenoxy) is 1. The first-order valence-corrected chi connectivity index (χ1v) is 7.85. The van der Waals surface area contributed by atoms with Gasteiger partial charge in [0.15, 0.2) is 0 Å². The maximum atomic E-state index is 5.85. The molecule has 118 valence electrons. The van der Waals surface area contributed by atoms with Crippen LogP contribution in [-0.4, -0.2) is 14.8 Å². The molecule has 2 heterocycles. The molecule has 2 aromatic heterocycles. The van der Waals surface area contributed by atoms with Gasteiger partial charge in [0.05, 0.1) is 16.9 Å². The molecule has 4 rings (SSSR count). The van der Waals surface area contributed by atoms with Crippen LogP contribution in [0.4, 0.5) is 0 Å². The first-order chi connectivity index (χ1) is 11.8. The smallest absolute Gasteiger partial charge is 0.130 e. The lowest BCUT2D eigenvalue weighted by Crippen LogP contribution is -1.98. The molecule has 4 heteroatoms. The van der Waals surface area contributed by atoms with Crippen molar-refractivity contribution < 1.29 is 4.74 Å². The summed E-state index contributed by atoms with van der Waals surface area (Å²) in [6, 6.07) is 22.1. The maximum absolute atomic E-state index is 5.85. The SMILES string of the molecule is Cn1ccc(-c2ccc(OCc3ccc4ccccc4n3)cc2)n1. The molecular weight excluding hydrogens is 298 g/mol. The Labute approximate surface area is 140 Å². The van der Waals surface area contributed by atoms with Gasteiger partial charge in [-0.2, -0.15) is 5.10 Å². The van der Waals surface area contributed by atoms with E-state index in [0.29, 0.717) is 6.61 Å². The summed E-state index contributed by atoms with van der Waals surface area (Å²) in [7, 11) is 1.91. The average Bonchev–Trinajstić information content (AvgIpc) is 3.07. The van der Waals surface area contributed by atoms with Crippen LogP contribution in [0.3, 0.4) is 0 Å². The van der Waals surface area contributed by atoms with Crippen LogP contribution in [-0.2, 0) is 13.7 Å². The molecule has 0 radical (unpaired) electrons. The molecule has 0 N–H and O–H groups in total. The first kappa shape index (κ1) is 14.5. The van der Waals surface area contributed by atoms with Gasteiger partial charge in [-0.25, -0.2) is 4.98 Å². The van der Waals surface area contributed by atoms with Crippen molar-refractivity contribution in [1.82, 2.24) is 14.8 Å². The van der Waals surface area contributed by atoms with Crippen molar-refractivity contribution in [2.75, 3.05) is 0 Å². The van der Waals surface area contributed by atoms with Crippen LogP contribution in [0, 0.1) is 0 Å². The number of hydrogen-bond donors (Lipinski definition) is 0. The summed E-state index contributed by atoms with van der Waals surface area (Å²) in [5, 5.41) is 5.54. The lowest BCUT2D eigenvalue weighted by atomic mass is 10.1. The van der Waals surface area contributed by atoms with Gasteiger partial charge in [-0.15, -0.1) is 0 Å². The number of fused-ring (bicyclic) bond motifs is 1. The van der Waals surface area contributed by atoms with Crippen LogP contribution >= 0.6 is 0 Å². The second kappa shape index (κ2) is 6.16. The van der Waals surface area contributed by atoms with E-state index in [2.05, 4.69) is 22.2 Å². The highest BCUT2D eigenvalue weighted by molar-refractivity contribution is 5.78. The van der Waals surface area contributed by atoms with Gasteiger partial charge in [0.25, 0.3) is 0 Å². The molecular formula is C20H17N3O. The summed E-state index contributed by atoms with van der Waals surface area (Å²) in [5.41, 5.74) is 3.94. The highest BCUT2D eigenvalue weighted by Crippen LogP contribution is 2.21. The Balaban J connectivity index is 1.46. The van der Waals surface area contributed by atoms with E-state index in [1.807, 2.05) is 67.8 Å². The van der Waals surface area contributed by atoms with Crippen LogP contribution < -0.4 is 4.74 Å². The molecule has 0 fully saturated rings. The van der Waals surface area contributed by atoms with Gasteiger partial charge >= 0.3 is 0 Å². The summed E-state index contributed by atoms with van der Waals surface area (Å²) < 4.78 is 7.65. The number of pyridine rings is 1. The predicted molar refractivity (Wildman–Crippen MR) is 94.7 cm³/mol. The third-order valence-electron chi connectivity index (χ3n) is 3.91. The topological polar surface area (TPSA) is 39.9 Å². The molecule has 2 aromatic carbocycles. The first-order valence-electron chi connectivity index (χ1n) is 7.85. The van der Waals surface area contributed by atoms with Crippen molar-refractivity contribution in [1.29, 1.82) is 0 Å². The molecule has 0 spiro atoms. The van der Waals surface area contributed by atoms with Gasteiger partial charge in [-0.3, -0.25) is 4.68 Å². The van der Waals surface area contributed by atoms with E-state index in [0.717, 1.165) is 33.6 Å². The zero-order chi connectivity index (χ0) is 16.4. The quantitative estimate of drug-likeness (QED) is 0.566. The van der Waals surface area contributed by atoms with E-state index in [-0.39, 0.29) is 0 Å². The van der Waals surface area contributed by atoms with Crippen LogP contribution in [0.15, 0.2) is 72.9 Å². The zero-order valence-corrected chi connectivity index (χ0v) is 13.4. The Kier molecular flexibility index (Phi) is 3.71. The maximum Gasteiger partial charge on any atom is 0.130 e. The van der Waals surface area contributed by atoms with Crippen LogP contribution in [0.5, 0.6) is 5.75 Å². The minimum absolute atomic E-state index is 0.452. The van der Waals surface area contributed by atoms with Gasteiger partial charge < -0.3 is 4.74 Å². The molecule has 0 aliphatic heterocycles. The molecule has 0 unspecified atom stereocenters. The van der Waals surface area contributed by atoms with Gasteiger partial charge in [0.1, 0.15) is 12.4 Å². The van der Waals surface area contributed by atoms with E-state index < -0.39 is 0 Å². The van der Waals surface area contributed by atoms with Crippen molar-refractivity contribution in [2.45, 2.75) is 6.61 Å². The fourth-order valence-corrected chi connectivity index (χ4v) is 2.64. The third kappa shape index (κ3) is 2.99. The number of nitrogens with zero attached hydrogens (tertiary/aromatic N) is 3. The molecule has 0 aliphatic carbocycles. The zero-order valence-electron chi connectivity index (χ0n) is 13.4. The number of hydrogen-bond acceptors (Lipinski definition) is 3. The Hall–Kier alpha value is -3.14. The molecule has 4 nitrogen and oxygen atoms in total. The lowest BCUT2D eigenvalue weighted by Gasteiger charge is -2.07. The molecule has 0 atom stereocenters. The Morgan fingerprint density at radius 3 is 2.54 bits per heavy atom. The molecule has 0 bridgehead atoms. The summed E-state index contributed by atoms with van der Waals surface area (Å²) in [6.45, 7) is 0.452. The second-order valence-corrected chi connectivity index (χ2v) is 5.68. The normalized spacial score (nSPS) is 10.9. The average molecular weight is 315 g/mol. The number of benzene rings is 2. The standard InChI is InChI=1S/C20H17N3O/c1-23-13-12-20(22-23)16-7-10-18(11-8-16)24-14-17-9-6-15-4-2-3-5-19(15)21-17/h2-13H,14H2,1H3. The Bertz CT molecular complexity index is 974. The second-order valence-electron chi connectivity index (χ2n) is 5.68. The van der Waals surface area contributed by atoms with Crippen molar-refractivity contribution in [3.63, 3.8) is 0 Å². The Morgan fingerprint density at radius 1 is 0.917 bits per heavy atom. The van der Waals surface area contributed by atoms with E-state index in [9.17, 15) is 0 Å². The summed E-state index contributed by atoms with van der Waals surface area (Å²) in [5.74, 6) is 0.824. The van der Waals surface area contributed by atoms with Gasteiger partial charge in [-0.1, -0.05) is 24.3 Å². The summed E-state index contributed by atoms with van der Waals surface area (Å²) in [6.07, 6.45) is 1.94. The number of rotatable bonds is 4. The van der Waals surface area contributed by atoms with E-state index in [1.54, 1.807) is 4.68 Å². The van der Waals surface area contributed by atoms with E-state index in [1.165, 1.54) is 0 Å². The number of aromatic nitrogens is 3. The largest absolute Gasteiger partial charge is 0.487 e. The molecule has 0 amide bonds.